The lowest BCUT2D eigenvalue weighted by Crippen LogP contribution is -2.36. The summed E-state index contributed by atoms with van der Waals surface area (Å²) in [6.07, 6.45) is 2.55. The Hall–Kier alpha value is -2.80. The normalized spacial score (nSPS) is 14.2. The summed E-state index contributed by atoms with van der Waals surface area (Å²) >= 11 is 0. The van der Waals surface area contributed by atoms with Gasteiger partial charge in [0.25, 0.3) is 5.91 Å². The van der Waals surface area contributed by atoms with Crippen molar-refractivity contribution in [3.8, 4) is 6.07 Å². The number of aryl methyl sites for hydroxylation is 1. The van der Waals surface area contributed by atoms with Gasteiger partial charge in [-0.2, -0.15) is 5.26 Å². The number of nitrogens with zero attached hydrogens (tertiary/aromatic N) is 3. The second-order valence-corrected chi connectivity index (χ2v) is 6.30. The number of rotatable bonds is 2. The lowest BCUT2D eigenvalue weighted by molar-refractivity contribution is -0.127. The highest BCUT2D eigenvalue weighted by atomic mass is 16.2. The number of fused-ring (bicyclic) bond motifs is 1. The molecule has 24 heavy (non-hydrogen) atoms. The van der Waals surface area contributed by atoms with E-state index >= 15 is 0 Å². The summed E-state index contributed by atoms with van der Waals surface area (Å²) in [5.74, 6) is -0.187. The van der Waals surface area contributed by atoms with Crippen LogP contribution in [0.1, 0.15) is 28.1 Å². The van der Waals surface area contributed by atoms with Gasteiger partial charge < -0.3 is 9.47 Å². The van der Waals surface area contributed by atoms with Gasteiger partial charge in [-0.3, -0.25) is 4.79 Å². The van der Waals surface area contributed by atoms with Crippen molar-refractivity contribution < 1.29 is 4.79 Å². The Morgan fingerprint density at radius 2 is 1.96 bits per heavy atom. The minimum Gasteiger partial charge on any atom is -0.352 e. The molecule has 122 valence electrons. The molecule has 0 spiro atoms. The molecular weight excluding hydrogens is 298 g/mol. The van der Waals surface area contributed by atoms with E-state index < -0.39 is 0 Å². The van der Waals surface area contributed by atoms with Crippen LogP contribution in [0, 0.1) is 25.2 Å². The molecule has 4 heteroatoms. The van der Waals surface area contributed by atoms with Crippen molar-refractivity contribution in [2.45, 2.75) is 26.8 Å². The molecule has 0 N–H and O–H groups in total. The maximum Gasteiger partial charge on any atom is 0.264 e. The molecule has 0 fully saturated rings. The highest BCUT2D eigenvalue weighted by Gasteiger charge is 2.23. The van der Waals surface area contributed by atoms with E-state index in [1.807, 2.05) is 39.1 Å². The summed E-state index contributed by atoms with van der Waals surface area (Å²) in [5, 5.41) is 9.48. The number of carbonyl (C=O) groups excluding carboxylic acids is 1. The molecule has 0 saturated carbocycles. The minimum atomic E-state index is -0.187. The number of nitriles is 1. The number of aromatic nitrogens is 1. The van der Waals surface area contributed by atoms with Crippen LogP contribution in [0.2, 0.25) is 0 Å². The highest BCUT2D eigenvalue weighted by Crippen LogP contribution is 2.22. The summed E-state index contributed by atoms with van der Waals surface area (Å²) < 4.78 is 2.06. The zero-order valence-corrected chi connectivity index (χ0v) is 14.3. The summed E-state index contributed by atoms with van der Waals surface area (Å²) in [7, 11) is 1.98. The zero-order chi connectivity index (χ0) is 17.3. The first-order valence-electron chi connectivity index (χ1n) is 8.12. The molecule has 1 amide bonds. The Kier molecular flexibility index (Phi) is 4.26. The molecule has 4 nitrogen and oxygen atoms in total. The third-order valence-corrected chi connectivity index (χ3v) is 4.88. The third kappa shape index (κ3) is 2.85. The second kappa shape index (κ2) is 6.37. The van der Waals surface area contributed by atoms with E-state index in [-0.39, 0.29) is 11.5 Å². The molecule has 0 atom stereocenters. The van der Waals surface area contributed by atoms with Gasteiger partial charge in [-0.25, -0.2) is 0 Å². The predicted molar refractivity (Wildman–Crippen MR) is 94.0 cm³/mol. The van der Waals surface area contributed by atoms with Crippen molar-refractivity contribution >= 4 is 12.0 Å². The van der Waals surface area contributed by atoms with Crippen molar-refractivity contribution in [2.75, 3.05) is 6.54 Å². The first kappa shape index (κ1) is 16.1. The first-order valence-corrected chi connectivity index (χ1v) is 8.12. The highest BCUT2D eigenvalue weighted by molar-refractivity contribution is 6.01. The molecule has 0 aliphatic carbocycles. The van der Waals surface area contributed by atoms with Crippen LogP contribution < -0.4 is 0 Å². The molecule has 0 radical (unpaired) electrons. The zero-order valence-electron chi connectivity index (χ0n) is 14.3. The van der Waals surface area contributed by atoms with Gasteiger partial charge in [0.05, 0.1) is 0 Å². The molecule has 2 aromatic rings. The van der Waals surface area contributed by atoms with Crippen molar-refractivity contribution in [2.24, 2.45) is 7.05 Å². The molecule has 1 aromatic heterocycles. The van der Waals surface area contributed by atoms with Gasteiger partial charge in [-0.1, -0.05) is 24.3 Å². The third-order valence-electron chi connectivity index (χ3n) is 4.88. The van der Waals surface area contributed by atoms with Gasteiger partial charge in [-0.05, 0) is 49.1 Å². The van der Waals surface area contributed by atoms with Gasteiger partial charge in [0, 0.05) is 31.5 Å². The fourth-order valence-corrected chi connectivity index (χ4v) is 3.17. The average molecular weight is 319 g/mol. The van der Waals surface area contributed by atoms with Crippen LogP contribution in [-0.4, -0.2) is 21.9 Å². The molecule has 0 bridgehead atoms. The number of hydrogen-bond acceptors (Lipinski definition) is 2. The van der Waals surface area contributed by atoms with Gasteiger partial charge in [0.15, 0.2) is 0 Å². The number of carbonyl (C=O) groups is 1. The van der Waals surface area contributed by atoms with Gasteiger partial charge >= 0.3 is 0 Å². The molecule has 0 unspecified atom stereocenters. The Balaban J connectivity index is 1.87. The van der Waals surface area contributed by atoms with Gasteiger partial charge in [0.1, 0.15) is 11.6 Å². The molecule has 1 aromatic carbocycles. The average Bonchev–Trinajstić information content (AvgIpc) is 2.85. The van der Waals surface area contributed by atoms with Crippen molar-refractivity contribution in [1.29, 1.82) is 5.26 Å². The SMILES string of the molecule is Cc1cc(/C=C(\C#N)C(=O)N2CCc3ccccc3C2)c(C)n1C. The Bertz CT molecular complexity index is 867. The summed E-state index contributed by atoms with van der Waals surface area (Å²) in [5.41, 5.74) is 5.74. The minimum absolute atomic E-state index is 0.187. The molecule has 2 heterocycles. The standard InChI is InChI=1S/C20H21N3O/c1-14-10-18(15(2)22(14)3)11-19(12-21)20(24)23-9-8-16-6-4-5-7-17(16)13-23/h4-7,10-11H,8-9,13H2,1-3H3/b19-11+. The van der Waals surface area contributed by atoms with Crippen LogP contribution in [0.4, 0.5) is 0 Å². The number of benzene rings is 1. The van der Waals surface area contributed by atoms with Crippen molar-refractivity contribution in [3.05, 3.63) is 64.0 Å². The summed E-state index contributed by atoms with van der Waals surface area (Å²) in [6.45, 7) is 5.23. The topological polar surface area (TPSA) is 49.0 Å². The lowest BCUT2D eigenvalue weighted by Gasteiger charge is -2.28. The van der Waals surface area contributed by atoms with Gasteiger partial charge in [-0.15, -0.1) is 0 Å². The fraction of sp³-hybridized carbons (Fsp3) is 0.300. The lowest BCUT2D eigenvalue weighted by atomic mass is 9.99. The van der Waals surface area contributed by atoms with E-state index in [1.54, 1.807) is 11.0 Å². The molecule has 1 aliphatic rings. The number of hydrogen-bond donors (Lipinski definition) is 0. The van der Waals surface area contributed by atoms with E-state index in [0.717, 1.165) is 23.4 Å². The Morgan fingerprint density at radius 3 is 2.58 bits per heavy atom. The molecule has 0 saturated heterocycles. The van der Waals surface area contributed by atoms with E-state index in [2.05, 4.69) is 22.8 Å². The van der Waals surface area contributed by atoms with Crippen LogP contribution >= 0.6 is 0 Å². The predicted octanol–water partition coefficient (Wildman–Crippen LogP) is 3.13. The monoisotopic (exact) mass is 319 g/mol. The molecule has 3 rings (SSSR count). The van der Waals surface area contributed by atoms with Crippen LogP contribution in [0.15, 0.2) is 35.9 Å². The van der Waals surface area contributed by atoms with E-state index in [1.165, 1.54) is 11.1 Å². The second-order valence-electron chi connectivity index (χ2n) is 6.30. The van der Waals surface area contributed by atoms with Gasteiger partial charge in [0.2, 0.25) is 0 Å². The Morgan fingerprint density at radius 1 is 1.25 bits per heavy atom. The van der Waals surface area contributed by atoms with E-state index in [4.69, 9.17) is 0 Å². The van der Waals surface area contributed by atoms with Crippen molar-refractivity contribution in [3.63, 3.8) is 0 Å². The summed E-state index contributed by atoms with van der Waals surface area (Å²) in [6, 6.07) is 12.3. The Labute approximate surface area is 142 Å². The molecule has 1 aliphatic heterocycles. The fourth-order valence-electron chi connectivity index (χ4n) is 3.17. The maximum absolute atomic E-state index is 12.8. The van der Waals surface area contributed by atoms with E-state index in [9.17, 15) is 10.1 Å². The van der Waals surface area contributed by atoms with Crippen LogP contribution in [0.5, 0.6) is 0 Å². The molecular formula is C20H21N3O. The van der Waals surface area contributed by atoms with Crippen molar-refractivity contribution in [1.82, 2.24) is 9.47 Å². The first-order chi connectivity index (χ1) is 11.5. The maximum atomic E-state index is 12.8. The summed E-state index contributed by atoms with van der Waals surface area (Å²) in [4.78, 5) is 14.5. The smallest absolute Gasteiger partial charge is 0.264 e. The van der Waals surface area contributed by atoms with Crippen LogP contribution in [-0.2, 0) is 24.8 Å². The van der Waals surface area contributed by atoms with Crippen LogP contribution in [0.3, 0.4) is 0 Å². The van der Waals surface area contributed by atoms with E-state index in [0.29, 0.717) is 13.1 Å². The quantitative estimate of drug-likeness (QED) is 0.631. The number of amides is 1. The van der Waals surface area contributed by atoms with Crippen LogP contribution in [0.25, 0.3) is 6.08 Å². The largest absolute Gasteiger partial charge is 0.352 e.